The van der Waals surface area contributed by atoms with E-state index in [4.69, 9.17) is 11.6 Å². The summed E-state index contributed by atoms with van der Waals surface area (Å²) in [6, 6.07) is 11.5. The second-order valence-electron chi connectivity index (χ2n) is 7.63. The van der Waals surface area contributed by atoms with Crippen molar-refractivity contribution in [2.45, 2.75) is 19.4 Å². The molecule has 0 unspecified atom stereocenters. The van der Waals surface area contributed by atoms with E-state index in [1.54, 1.807) is 0 Å². The number of benzene rings is 2. The van der Waals surface area contributed by atoms with Crippen LogP contribution in [0, 0.1) is 5.92 Å². The van der Waals surface area contributed by atoms with E-state index in [9.17, 15) is 9.59 Å². The molecule has 3 heterocycles. The average Bonchev–Trinajstić information content (AvgIpc) is 3.33. The SMILES string of the molecule is Cl.O=C1NCc2c(Cl)ccc(-c3cc4cc(NC(=O)C5CCNCC5)ccc4[nH]3)c21. The van der Waals surface area contributed by atoms with Crippen molar-refractivity contribution in [3.05, 3.63) is 52.5 Å². The monoisotopic (exact) mass is 444 g/mol. The highest BCUT2D eigenvalue weighted by molar-refractivity contribution is 6.32. The fourth-order valence-electron chi connectivity index (χ4n) is 4.22. The molecule has 2 amide bonds. The molecular formula is C22H22Cl2N4O2. The van der Waals surface area contributed by atoms with Gasteiger partial charge in [0, 0.05) is 50.9 Å². The lowest BCUT2D eigenvalue weighted by Crippen LogP contribution is -2.34. The number of piperidine rings is 1. The summed E-state index contributed by atoms with van der Waals surface area (Å²) in [5.74, 6) is 0.0313. The molecule has 1 fully saturated rings. The van der Waals surface area contributed by atoms with E-state index < -0.39 is 0 Å². The lowest BCUT2D eigenvalue weighted by Gasteiger charge is -2.21. The number of rotatable bonds is 3. The Morgan fingerprint density at radius 1 is 1.10 bits per heavy atom. The van der Waals surface area contributed by atoms with E-state index in [0.29, 0.717) is 17.1 Å². The van der Waals surface area contributed by atoms with Gasteiger partial charge in [-0.05, 0) is 56.3 Å². The van der Waals surface area contributed by atoms with Crippen molar-refractivity contribution in [1.29, 1.82) is 0 Å². The van der Waals surface area contributed by atoms with Crippen molar-refractivity contribution in [3.63, 3.8) is 0 Å². The smallest absolute Gasteiger partial charge is 0.252 e. The highest BCUT2D eigenvalue weighted by atomic mass is 35.5. The standard InChI is InChI=1S/C22H21ClN4O2.ClH/c23-17-3-2-15(20-16(17)11-25-22(20)29)19-10-13-9-14(1-4-18(13)27-19)26-21(28)12-5-7-24-8-6-12;/h1-4,9-10,12,24,27H,5-8,11H2,(H,25,29)(H,26,28);1H. The van der Waals surface area contributed by atoms with E-state index in [-0.39, 0.29) is 30.1 Å². The Balaban J connectivity index is 0.00000218. The maximum Gasteiger partial charge on any atom is 0.252 e. The van der Waals surface area contributed by atoms with E-state index in [1.807, 2.05) is 36.4 Å². The average molecular weight is 445 g/mol. The number of amides is 2. The van der Waals surface area contributed by atoms with E-state index in [0.717, 1.165) is 59.3 Å². The van der Waals surface area contributed by atoms with Crippen molar-refractivity contribution in [2.75, 3.05) is 18.4 Å². The van der Waals surface area contributed by atoms with Crippen LogP contribution >= 0.6 is 24.0 Å². The van der Waals surface area contributed by atoms with Gasteiger partial charge < -0.3 is 20.9 Å². The van der Waals surface area contributed by atoms with E-state index in [1.165, 1.54) is 0 Å². The lowest BCUT2D eigenvalue weighted by molar-refractivity contribution is -0.120. The molecule has 2 aliphatic rings. The Morgan fingerprint density at radius 3 is 2.70 bits per heavy atom. The molecule has 0 aliphatic carbocycles. The van der Waals surface area contributed by atoms with Gasteiger partial charge in [0.15, 0.2) is 0 Å². The van der Waals surface area contributed by atoms with Crippen LogP contribution in [0.4, 0.5) is 5.69 Å². The van der Waals surface area contributed by atoms with Gasteiger partial charge in [-0.2, -0.15) is 0 Å². The van der Waals surface area contributed by atoms with Gasteiger partial charge in [-0.1, -0.05) is 17.7 Å². The van der Waals surface area contributed by atoms with E-state index >= 15 is 0 Å². The number of anilines is 1. The quantitative estimate of drug-likeness (QED) is 0.490. The predicted octanol–water partition coefficient (Wildman–Crippen LogP) is 4.09. The molecular weight excluding hydrogens is 423 g/mol. The predicted molar refractivity (Wildman–Crippen MR) is 121 cm³/mol. The number of aromatic amines is 1. The number of fused-ring (bicyclic) bond motifs is 2. The molecule has 0 bridgehead atoms. The number of carbonyl (C=O) groups is 2. The van der Waals surface area contributed by atoms with Crippen molar-refractivity contribution < 1.29 is 9.59 Å². The Morgan fingerprint density at radius 2 is 1.90 bits per heavy atom. The number of H-pyrrole nitrogens is 1. The third kappa shape index (κ3) is 3.67. The maximum absolute atomic E-state index is 12.5. The summed E-state index contributed by atoms with van der Waals surface area (Å²) in [7, 11) is 0. The van der Waals surface area contributed by atoms with Gasteiger partial charge >= 0.3 is 0 Å². The van der Waals surface area contributed by atoms with E-state index in [2.05, 4.69) is 20.9 Å². The maximum atomic E-state index is 12.5. The van der Waals surface area contributed by atoms with Gasteiger partial charge in [0.1, 0.15) is 0 Å². The number of carbonyl (C=O) groups excluding carboxylic acids is 2. The van der Waals surface area contributed by atoms with Crippen molar-refractivity contribution in [3.8, 4) is 11.3 Å². The van der Waals surface area contributed by atoms with Gasteiger partial charge in [0.25, 0.3) is 5.91 Å². The van der Waals surface area contributed by atoms with Gasteiger partial charge in [0.2, 0.25) is 5.91 Å². The highest BCUT2D eigenvalue weighted by Crippen LogP contribution is 2.35. The van der Waals surface area contributed by atoms with Crippen LogP contribution < -0.4 is 16.0 Å². The first-order chi connectivity index (χ1) is 14.1. The molecule has 0 spiro atoms. The second-order valence-corrected chi connectivity index (χ2v) is 8.04. The van der Waals surface area contributed by atoms with Crippen LogP contribution in [0.3, 0.4) is 0 Å². The molecule has 1 aromatic heterocycles. The highest BCUT2D eigenvalue weighted by Gasteiger charge is 2.26. The van der Waals surface area contributed by atoms with Crippen LogP contribution in [0.15, 0.2) is 36.4 Å². The molecule has 0 saturated carbocycles. The van der Waals surface area contributed by atoms with Crippen molar-refractivity contribution in [1.82, 2.24) is 15.6 Å². The largest absolute Gasteiger partial charge is 0.355 e. The molecule has 2 aromatic carbocycles. The van der Waals surface area contributed by atoms with Gasteiger partial charge in [-0.3, -0.25) is 9.59 Å². The Hall–Kier alpha value is -2.54. The zero-order valence-electron chi connectivity index (χ0n) is 16.2. The molecule has 0 atom stereocenters. The zero-order valence-corrected chi connectivity index (χ0v) is 17.8. The minimum atomic E-state index is -0.105. The molecule has 156 valence electrons. The first kappa shape index (κ1) is 20.7. The van der Waals surface area contributed by atoms with Crippen LogP contribution in [0.1, 0.15) is 28.8 Å². The van der Waals surface area contributed by atoms with Crippen LogP contribution in [0.25, 0.3) is 22.2 Å². The minimum Gasteiger partial charge on any atom is -0.355 e. The third-order valence-electron chi connectivity index (χ3n) is 5.80. The molecule has 0 radical (unpaired) electrons. The molecule has 3 aromatic rings. The molecule has 6 nitrogen and oxygen atoms in total. The Labute approximate surface area is 185 Å². The molecule has 30 heavy (non-hydrogen) atoms. The number of halogens is 2. The minimum absolute atomic E-state index is 0. The molecule has 8 heteroatoms. The second kappa shape index (κ2) is 8.30. The fourth-order valence-corrected chi connectivity index (χ4v) is 4.44. The summed E-state index contributed by atoms with van der Waals surface area (Å²) in [5.41, 5.74) is 4.88. The topological polar surface area (TPSA) is 86.0 Å². The van der Waals surface area contributed by atoms with Gasteiger partial charge in [-0.15, -0.1) is 12.4 Å². The summed E-state index contributed by atoms with van der Waals surface area (Å²) in [4.78, 5) is 28.2. The van der Waals surface area contributed by atoms with Gasteiger partial charge in [0.05, 0.1) is 5.56 Å². The number of nitrogens with one attached hydrogen (secondary N) is 4. The van der Waals surface area contributed by atoms with Crippen molar-refractivity contribution in [2.24, 2.45) is 5.92 Å². The summed E-state index contributed by atoms with van der Waals surface area (Å²) < 4.78 is 0. The first-order valence-electron chi connectivity index (χ1n) is 9.84. The van der Waals surface area contributed by atoms with Crippen LogP contribution in [0.5, 0.6) is 0 Å². The number of hydrogen-bond donors (Lipinski definition) is 4. The molecule has 1 saturated heterocycles. The first-order valence-corrected chi connectivity index (χ1v) is 10.2. The number of hydrogen-bond acceptors (Lipinski definition) is 3. The Bertz CT molecular complexity index is 1140. The normalized spacial score (nSPS) is 16.1. The van der Waals surface area contributed by atoms with Crippen LogP contribution in [0.2, 0.25) is 5.02 Å². The fraction of sp³-hybridized carbons (Fsp3) is 0.273. The van der Waals surface area contributed by atoms with Crippen molar-refractivity contribution >= 4 is 52.4 Å². The summed E-state index contributed by atoms with van der Waals surface area (Å²) in [6.07, 6.45) is 1.73. The van der Waals surface area contributed by atoms with Gasteiger partial charge in [-0.25, -0.2) is 0 Å². The molecule has 4 N–H and O–H groups in total. The zero-order chi connectivity index (χ0) is 20.0. The summed E-state index contributed by atoms with van der Waals surface area (Å²) in [5, 5.41) is 10.7. The number of aromatic nitrogens is 1. The lowest BCUT2D eigenvalue weighted by atomic mass is 9.97. The third-order valence-corrected chi connectivity index (χ3v) is 6.15. The van der Waals surface area contributed by atoms with Crippen LogP contribution in [-0.2, 0) is 11.3 Å². The summed E-state index contributed by atoms with van der Waals surface area (Å²) in [6.45, 7) is 2.22. The molecule has 5 rings (SSSR count). The Kier molecular flexibility index (Phi) is 5.73. The summed E-state index contributed by atoms with van der Waals surface area (Å²) >= 11 is 6.26. The van der Waals surface area contributed by atoms with Crippen LogP contribution in [-0.4, -0.2) is 29.9 Å². The molecule has 2 aliphatic heterocycles.